The Morgan fingerprint density at radius 2 is 1.58 bits per heavy atom. The molecule has 3 rings (SSSR count). The number of aliphatic carboxylic acids is 1. The average Bonchev–Trinajstić information content (AvgIpc) is 3.12. The minimum atomic E-state index is -1.09. The molecular formula is C26H32N2O5. The van der Waals surface area contributed by atoms with Crippen molar-refractivity contribution in [3.8, 4) is 11.1 Å². The third kappa shape index (κ3) is 5.92. The molecule has 7 heteroatoms. The molecule has 2 aromatic rings. The Labute approximate surface area is 194 Å². The molecule has 1 unspecified atom stereocenters. The lowest BCUT2D eigenvalue weighted by atomic mass is 9.98. The second-order valence-corrected chi connectivity index (χ2v) is 8.74. The van der Waals surface area contributed by atoms with Crippen molar-refractivity contribution in [3.05, 3.63) is 59.7 Å². The number of hydrogen-bond acceptors (Lipinski definition) is 4. The SMILES string of the molecule is CCN(CC(=O)O)C(=O)C(CCC(C)C)NC(=O)OCC1c2ccccc2-c2ccccc21. The molecule has 0 heterocycles. The van der Waals surface area contributed by atoms with Crippen LogP contribution in [0.5, 0.6) is 0 Å². The molecule has 1 aliphatic carbocycles. The average molecular weight is 453 g/mol. The van der Waals surface area contributed by atoms with E-state index in [2.05, 4.69) is 17.4 Å². The normalized spacial score (nSPS) is 13.2. The van der Waals surface area contributed by atoms with Crippen molar-refractivity contribution < 1.29 is 24.2 Å². The van der Waals surface area contributed by atoms with Crippen molar-refractivity contribution in [2.24, 2.45) is 5.92 Å². The number of nitrogens with zero attached hydrogens (tertiary/aromatic N) is 1. The van der Waals surface area contributed by atoms with Crippen molar-refractivity contribution >= 4 is 18.0 Å². The van der Waals surface area contributed by atoms with E-state index in [9.17, 15) is 14.4 Å². The van der Waals surface area contributed by atoms with Crippen LogP contribution in [0.2, 0.25) is 0 Å². The van der Waals surface area contributed by atoms with Gasteiger partial charge in [0, 0.05) is 12.5 Å². The number of benzene rings is 2. The van der Waals surface area contributed by atoms with Gasteiger partial charge in [-0.3, -0.25) is 9.59 Å². The summed E-state index contributed by atoms with van der Waals surface area (Å²) in [6.07, 6.45) is 0.451. The predicted octanol–water partition coefficient (Wildman–Crippen LogP) is 4.26. The number of nitrogens with one attached hydrogen (secondary N) is 1. The number of carbonyl (C=O) groups is 3. The summed E-state index contributed by atoms with van der Waals surface area (Å²) in [5.74, 6) is -1.24. The van der Waals surface area contributed by atoms with Crippen LogP contribution in [0, 0.1) is 5.92 Å². The van der Waals surface area contributed by atoms with Gasteiger partial charge in [0.2, 0.25) is 5.91 Å². The summed E-state index contributed by atoms with van der Waals surface area (Å²) >= 11 is 0. The van der Waals surface area contributed by atoms with Gasteiger partial charge >= 0.3 is 12.1 Å². The Balaban J connectivity index is 1.69. The largest absolute Gasteiger partial charge is 0.480 e. The fourth-order valence-electron chi connectivity index (χ4n) is 4.27. The highest BCUT2D eigenvalue weighted by atomic mass is 16.5. The summed E-state index contributed by atoms with van der Waals surface area (Å²) in [7, 11) is 0. The van der Waals surface area contributed by atoms with Crippen molar-refractivity contribution in [1.29, 1.82) is 0 Å². The Bertz CT molecular complexity index is 958. The molecule has 7 nitrogen and oxygen atoms in total. The quantitative estimate of drug-likeness (QED) is 0.561. The lowest BCUT2D eigenvalue weighted by Crippen LogP contribution is -2.50. The number of alkyl carbamates (subject to hydrolysis) is 1. The molecule has 2 aromatic carbocycles. The monoisotopic (exact) mass is 452 g/mol. The molecule has 33 heavy (non-hydrogen) atoms. The Kier molecular flexibility index (Phi) is 8.09. The van der Waals surface area contributed by atoms with E-state index >= 15 is 0 Å². The predicted molar refractivity (Wildman–Crippen MR) is 126 cm³/mol. The molecule has 1 atom stereocenters. The standard InChI is InChI=1S/C26H32N2O5/c1-4-28(15-24(29)30)25(31)23(14-13-17(2)3)27-26(32)33-16-22-20-11-7-5-9-18(20)19-10-6-8-12-21(19)22/h5-12,17,22-23H,4,13-16H2,1-3H3,(H,27,32)(H,29,30). The molecule has 0 saturated carbocycles. The van der Waals surface area contributed by atoms with Gasteiger partial charge in [0.05, 0.1) is 0 Å². The van der Waals surface area contributed by atoms with Gasteiger partial charge in [-0.25, -0.2) is 4.79 Å². The van der Waals surface area contributed by atoms with E-state index in [4.69, 9.17) is 9.84 Å². The summed E-state index contributed by atoms with van der Waals surface area (Å²) in [6, 6.07) is 15.3. The number of fused-ring (bicyclic) bond motifs is 3. The minimum Gasteiger partial charge on any atom is -0.480 e. The summed E-state index contributed by atoms with van der Waals surface area (Å²) in [5, 5.41) is 11.8. The smallest absolute Gasteiger partial charge is 0.407 e. The van der Waals surface area contributed by atoms with Gasteiger partial charge in [-0.05, 0) is 47.9 Å². The fourth-order valence-corrected chi connectivity index (χ4v) is 4.27. The molecule has 0 aromatic heterocycles. The van der Waals surface area contributed by atoms with Crippen LogP contribution < -0.4 is 5.32 Å². The molecule has 0 radical (unpaired) electrons. The van der Waals surface area contributed by atoms with E-state index in [1.807, 2.05) is 50.2 Å². The van der Waals surface area contributed by atoms with Crippen LogP contribution in [0.3, 0.4) is 0 Å². The molecule has 0 saturated heterocycles. The second-order valence-electron chi connectivity index (χ2n) is 8.74. The maximum atomic E-state index is 12.9. The highest BCUT2D eigenvalue weighted by molar-refractivity contribution is 5.88. The van der Waals surface area contributed by atoms with Crippen LogP contribution >= 0.6 is 0 Å². The number of rotatable bonds is 10. The van der Waals surface area contributed by atoms with Crippen LogP contribution in [0.15, 0.2) is 48.5 Å². The molecule has 176 valence electrons. The van der Waals surface area contributed by atoms with Gasteiger partial charge in [0.1, 0.15) is 19.2 Å². The van der Waals surface area contributed by atoms with E-state index in [0.717, 1.165) is 22.3 Å². The first-order valence-electron chi connectivity index (χ1n) is 11.4. The molecule has 0 spiro atoms. The van der Waals surface area contributed by atoms with Gasteiger partial charge in [0.25, 0.3) is 0 Å². The summed E-state index contributed by atoms with van der Waals surface area (Å²) in [4.78, 5) is 38.0. The summed E-state index contributed by atoms with van der Waals surface area (Å²) in [6.45, 7) is 5.77. The number of carboxylic acid groups (broad SMARTS) is 1. The van der Waals surface area contributed by atoms with Crippen LogP contribution in [-0.4, -0.2) is 53.7 Å². The van der Waals surface area contributed by atoms with Gasteiger partial charge in [-0.1, -0.05) is 62.4 Å². The summed E-state index contributed by atoms with van der Waals surface area (Å²) < 4.78 is 5.58. The van der Waals surface area contributed by atoms with E-state index < -0.39 is 30.6 Å². The fraction of sp³-hybridized carbons (Fsp3) is 0.423. The molecule has 0 aliphatic heterocycles. The maximum absolute atomic E-state index is 12.9. The van der Waals surface area contributed by atoms with Crippen LogP contribution in [0.25, 0.3) is 11.1 Å². The Morgan fingerprint density at radius 1 is 1.00 bits per heavy atom. The highest BCUT2D eigenvalue weighted by Crippen LogP contribution is 2.44. The van der Waals surface area contributed by atoms with Gasteiger partial charge < -0.3 is 20.1 Å². The zero-order valence-corrected chi connectivity index (χ0v) is 19.4. The van der Waals surface area contributed by atoms with Crippen LogP contribution in [0.4, 0.5) is 4.79 Å². The first-order chi connectivity index (χ1) is 15.8. The van der Waals surface area contributed by atoms with E-state index in [0.29, 0.717) is 18.8 Å². The van der Waals surface area contributed by atoms with Crippen LogP contribution in [0.1, 0.15) is 50.7 Å². The zero-order chi connectivity index (χ0) is 24.0. The van der Waals surface area contributed by atoms with Gasteiger partial charge in [-0.15, -0.1) is 0 Å². The zero-order valence-electron chi connectivity index (χ0n) is 19.4. The molecule has 0 bridgehead atoms. The third-order valence-corrected chi connectivity index (χ3v) is 5.99. The topological polar surface area (TPSA) is 95.9 Å². The lowest BCUT2D eigenvalue weighted by molar-refractivity contribution is -0.145. The lowest BCUT2D eigenvalue weighted by Gasteiger charge is -2.26. The van der Waals surface area contributed by atoms with Crippen LogP contribution in [-0.2, 0) is 14.3 Å². The molecule has 2 N–H and O–H groups in total. The Morgan fingerprint density at radius 3 is 2.09 bits per heavy atom. The number of ether oxygens (including phenoxy) is 1. The van der Waals surface area contributed by atoms with Gasteiger partial charge in [-0.2, -0.15) is 0 Å². The second kappa shape index (κ2) is 11.0. The third-order valence-electron chi connectivity index (χ3n) is 5.99. The van der Waals surface area contributed by atoms with Crippen molar-refractivity contribution in [1.82, 2.24) is 10.2 Å². The van der Waals surface area contributed by atoms with E-state index in [1.54, 1.807) is 6.92 Å². The molecule has 2 amide bonds. The number of hydrogen-bond donors (Lipinski definition) is 2. The molecule has 1 aliphatic rings. The highest BCUT2D eigenvalue weighted by Gasteiger charge is 2.31. The number of amides is 2. The number of carbonyl (C=O) groups excluding carboxylic acids is 2. The van der Waals surface area contributed by atoms with E-state index in [1.165, 1.54) is 4.90 Å². The maximum Gasteiger partial charge on any atom is 0.407 e. The van der Waals surface area contributed by atoms with Crippen molar-refractivity contribution in [2.75, 3.05) is 19.7 Å². The Hall–Kier alpha value is -3.35. The van der Waals surface area contributed by atoms with Crippen molar-refractivity contribution in [3.63, 3.8) is 0 Å². The summed E-state index contributed by atoms with van der Waals surface area (Å²) in [5.41, 5.74) is 4.49. The number of likely N-dealkylation sites (N-methyl/N-ethyl adjacent to an activating group) is 1. The van der Waals surface area contributed by atoms with Crippen molar-refractivity contribution in [2.45, 2.75) is 45.6 Å². The first-order valence-corrected chi connectivity index (χ1v) is 11.4. The number of carboxylic acids is 1. The minimum absolute atomic E-state index is 0.0767. The van der Waals surface area contributed by atoms with Gasteiger partial charge in [0.15, 0.2) is 0 Å². The molecule has 0 fully saturated rings. The molecular weight excluding hydrogens is 420 g/mol. The van der Waals surface area contributed by atoms with E-state index in [-0.39, 0.29) is 19.1 Å². The first kappa shape index (κ1) is 24.3.